The van der Waals surface area contributed by atoms with Crippen LogP contribution >= 0.6 is 0 Å². The standard InChI is InChI=1S/C27H19N3/c1-2-10-19(11-3-1)27-22-14-4-7-15-23(22)28-26(29-27)18-30-24-16-8-5-12-20(24)21-13-6-9-17-25(21)30/h1-17H,18H2. The van der Waals surface area contributed by atoms with Gasteiger partial charge in [-0.05, 0) is 18.2 Å². The van der Waals surface area contributed by atoms with E-state index in [4.69, 9.17) is 9.97 Å². The molecular weight excluding hydrogens is 366 g/mol. The van der Waals surface area contributed by atoms with Crippen LogP contribution in [0, 0.1) is 0 Å². The first kappa shape index (κ1) is 16.9. The molecule has 0 radical (unpaired) electrons. The van der Waals surface area contributed by atoms with E-state index in [9.17, 15) is 0 Å². The summed E-state index contributed by atoms with van der Waals surface area (Å²) in [6, 6.07) is 35.7. The van der Waals surface area contributed by atoms with Gasteiger partial charge in [0.1, 0.15) is 5.82 Å². The Morgan fingerprint density at radius 1 is 0.533 bits per heavy atom. The number of aromatic nitrogens is 3. The van der Waals surface area contributed by atoms with Crippen LogP contribution in [-0.4, -0.2) is 14.5 Å². The van der Waals surface area contributed by atoms with Crippen LogP contribution < -0.4 is 0 Å². The van der Waals surface area contributed by atoms with Crippen LogP contribution in [0.15, 0.2) is 103 Å². The van der Waals surface area contributed by atoms with Crippen molar-refractivity contribution in [2.45, 2.75) is 6.54 Å². The van der Waals surface area contributed by atoms with Gasteiger partial charge in [0.2, 0.25) is 0 Å². The maximum atomic E-state index is 5.03. The molecule has 0 aliphatic carbocycles. The second kappa shape index (κ2) is 6.82. The summed E-state index contributed by atoms with van der Waals surface area (Å²) in [5.74, 6) is 0.819. The van der Waals surface area contributed by atoms with Gasteiger partial charge < -0.3 is 4.57 Å². The monoisotopic (exact) mass is 385 g/mol. The van der Waals surface area contributed by atoms with Crippen LogP contribution in [0.1, 0.15) is 5.82 Å². The quantitative estimate of drug-likeness (QED) is 0.350. The van der Waals surface area contributed by atoms with Crippen molar-refractivity contribution in [2.75, 3.05) is 0 Å². The Bertz CT molecular complexity index is 1460. The highest BCUT2D eigenvalue weighted by Gasteiger charge is 2.14. The van der Waals surface area contributed by atoms with Crippen molar-refractivity contribution in [3.05, 3.63) is 109 Å². The molecule has 0 saturated heterocycles. The molecule has 0 fully saturated rings. The first-order valence-corrected chi connectivity index (χ1v) is 10.2. The Kier molecular flexibility index (Phi) is 3.85. The molecule has 4 aromatic carbocycles. The number of hydrogen-bond acceptors (Lipinski definition) is 2. The van der Waals surface area contributed by atoms with Crippen molar-refractivity contribution in [1.82, 2.24) is 14.5 Å². The zero-order chi connectivity index (χ0) is 19.9. The fourth-order valence-electron chi connectivity index (χ4n) is 4.33. The number of para-hydroxylation sites is 3. The molecule has 3 nitrogen and oxygen atoms in total. The lowest BCUT2D eigenvalue weighted by molar-refractivity contribution is 0.803. The molecule has 6 rings (SSSR count). The van der Waals surface area contributed by atoms with Gasteiger partial charge in [-0.15, -0.1) is 0 Å². The highest BCUT2D eigenvalue weighted by molar-refractivity contribution is 6.08. The number of hydrogen-bond donors (Lipinski definition) is 0. The predicted molar refractivity (Wildman–Crippen MR) is 124 cm³/mol. The van der Waals surface area contributed by atoms with E-state index in [0.717, 1.165) is 28.0 Å². The summed E-state index contributed by atoms with van der Waals surface area (Å²) < 4.78 is 2.32. The highest BCUT2D eigenvalue weighted by Crippen LogP contribution is 2.30. The molecule has 3 heteroatoms. The van der Waals surface area contributed by atoms with Gasteiger partial charge in [-0.25, -0.2) is 9.97 Å². The molecule has 0 unspecified atom stereocenters. The maximum Gasteiger partial charge on any atom is 0.149 e. The van der Waals surface area contributed by atoms with Crippen molar-refractivity contribution in [3.63, 3.8) is 0 Å². The summed E-state index contributed by atoms with van der Waals surface area (Å²) in [5.41, 5.74) is 5.48. The van der Waals surface area contributed by atoms with Crippen LogP contribution in [0.3, 0.4) is 0 Å². The van der Waals surface area contributed by atoms with E-state index in [-0.39, 0.29) is 0 Å². The number of nitrogens with zero attached hydrogens (tertiary/aromatic N) is 3. The Morgan fingerprint density at radius 2 is 1.10 bits per heavy atom. The normalized spacial score (nSPS) is 11.5. The van der Waals surface area contributed by atoms with Gasteiger partial charge in [0.05, 0.1) is 17.8 Å². The summed E-state index contributed by atoms with van der Waals surface area (Å²) in [5, 5.41) is 3.60. The zero-order valence-corrected chi connectivity index (χ0v) is 16.4. The molecule has 2 heterocycles. The van der Waals surface area contributed by atoms with Crippen molar-refractivity contribution in [2.24, 2.45) is 0 Å². The van der Waals surface area contributed by atoms with E-state index >= 15 is 0 Å². The Labute approximate surface area is 174 Å². The molecule has 142 valence electrons. The molecule has 0 aliphatic heterocycles. The number of rotatable bonds is 3. The molecule has 0 aliphatic rings. The maximum absolute atomic E-state index is 5.03. The molecule has 30 heavy (non-hydrogen) atoms. The van der Waals surface area contributed by atoms with Crippen molar-refractivity contribution >= 4 is 32.7 Å². The Morgan fingerprint density at radius 3 is 1.80 bits per heavy atom. The first-order valence-electron chi connectivity index (χ1n) is 10.2. The molecule has 2 aromatic heterocycles. The fourth-order valence-corrected chi connectivity index (χ4v) is 4.33. The molecule has 6 aromatic rings. The molecule has 0 amide bonds. The van der Waals surface area contributed by atoms with Crippen LogP contribution in [0.25, 0.3) is 44.0 Å². The van der Waals surface area contributed by atoms with Gasteiger partial charge in [0.15, 0.2) is 0 Å². The second-order valence-corrected chi connectivity index (χ2v) is 7.49. The second-order valence-electron chi connectivity index (χ2n) is 7.49. The van der Waals surface area contributed by atoms with Crippen molar-refractivity contribution < 1.29 is 0 Å². The largest absolute Gasteiger partial charge is 0.333 e. The third-order valence-corrected chi connectivity index (χ3v) is 5.68. The zero-order valence-electron chi connectivity index (χ0n) is 16.4. The predicted octanol–water partition coefficient (Wildman–Crippen LogP) is 6.45. The van der Waals surface area contributed by atoms with Crippen LogP contribution in [-0.2, 0) is 6.54 Å². The molecular formula is C27H19N3. The van der Waals surface area contributed by atoms with Gasteiger partial charge >= 0.3 is 0 Å². The summed E-state index contributed by atoms with van der Waals surface area (Å²) in [6.45, 7) is 0.624. The van der Waals surface area contributed by atoms with Crippen LogP contribution in [0.2, 0.25) is 0 Å². The molecule has 0 saturated carbocycles. The van der Waals surface area contributed by atoms with Crippen LogP contribution in [0.5, 0.6) is 0 Å². The minimum Gasteiger partial charge on any atom is -0.333 e. The first-order chi connectivity index (χ1) is 14.9. The average molecular weight is 385 g/mol. The SMILES string of the molecule is c1ccc(-c2nc(Cn3c4ccccc4c4ccccc43)nc3ccccc23)cc1. The van der Waals surface area contributed by atoms with E-state index in [2.05, 4.69) is 89.5 Å². The van der Waals surface area contributed by atoms with E-state index in [1.54, 1.807) is 0 Å². The van der Waals surface area contributed by atoms with Gasteiger partial charge in [0.25, 0.3) is 0 Å². The Balaban J connectivity index is 1.58. The number of benzene rings is 4. The molecule has 0 atom stereocenters. The molecule has 0 bridgehead atoms. The van der Waals surface area contributed by atoms with E-state index in [1.807, 2.05) is 18.2 Å². The van der Waals surface area contributed by atoms with Gasteiger partial charge in [-0.3, -0.25) is 0 Å². The Hall–Kier alpha value is -3.98. The minimum atomic E-state index is 0.624. The topological polar surface area (TPSA) is 30.7 Å². The minimum absolute atomic E-state index is 0.624. The van der Waals surface area contributed by atoms with Crippen LogP contribution in [0.4, 0.5) is 0 Å². The van der Waals surface area contributed by atoms with Gasteiger partial charge in [-0.1, -0.05) is 84.9 Å². The molecule has 0 spiro atoms. The molecule has 0 N–H and O–H groups in total. The van der Waals surface area contributed by atoms with E-state index in [1.165, 1.54) is 21.8 Å². The van der Waals surface area contributed by atoms with Crippen molar-refractivity contribution in [3.8, 4) is 11.3 Å². The lowest BCUT2D eigenvalue weighted by Gasteiger charge is -2.11. The summed E-state index contributed by atoms with van der Waals surface area (Å²) in [7, 11) is 0. The third kappa shape index (κ3) is 2.67. The third-order valence-electron chi connectivity index (χ3n) is 5.68. The summed E-state index contributed by atoms with van der Waals surface area (Å²) in [6.07, 6.45) is 0. The van der Waals surface area contributed by atoms with Crippen molar-refractivity contribution in [1.29, 1.82) is 0 Å². The highest BCUT2D eigenvalue weighted by atomic mass is 15.0. The summed E-state index contributed by atoms with van der Waals surface area (Å²) >= 11 is 0. The average Bonchev–Trinajstić information content (AvgIpc) is 3.13. The smallest absolute Gasteiger partial charge is 0.149 e. The number of fused-ring (bicyclic) bond motifs is 4. The lowest BCUT2D eigenvalue weighted by atomic mass is 10.1. The van der Waals surface area contributed by atoms with Gasteiger partial charge in [0, 0.05) is 32.8 Å². The lowest BCUT2D eigenvalue weighted by Crippen LogP contribution is -2.05. The summed E-state index contributed by atoms with van der Waals surface area (Å²) in [4.78, 5) is 9.95. The van der Waals surface area contributed by atoms with E-state index < -0.39 is 0 Å². The van der Waals surface area contributed by atoms with E-state index in [0.29, 0.717) is 6.54 Å². The van der Waals surface area contributed by atoms with Gasteiger partial charge in [-0.2, -0.15) is 0 Å². The fraction of sp³-hybridized carbons (Fsp3) is 0.0370.